The van der Waals surface area contributed by atoms with Crippen LogP contribution in [0.4, 0.5) is 10.5 Å². The predicted octanol–water partition coefficient (Wildman–Crippen LogP) is 1.52. The van der Waals surface area contributed by atoms with Gasteiger partial charge in [0.15, 0.2) is 0 Å². The number of anilines is 1. The standard InChI is InChI=1S/C16H26N4O/c1-19-11-8-14(9-12-19)18-16(21)17-10-13-20(2)15-6-4-3-5-7-15/h3-7,14H,8-13H2,1-2H3,(H2,17,18,21). The maximum absolute atomic E-state index is 11.9. The Morgan fingerprint density at radius 3 is 2.62 bits per heavy atom. The predicted molar refractivity (Wildman–Crippen MR) is 86.8 cm³/mol. The molecule has 0 unspecified atom stereocenters. The summed E-state index contributed by atoms with van der Waals surface area (Å²) in [5, 5.41) is 5.99. The number of amides is 2. The van der Waals surface area contributed by atoms with Crippen molar-refractivity contribution in [3.63, 3.8) is 0 Å². The summed E-state index contributed by atoms with van der Waals surface area (Å²) in [6, 6.07) is 10.4. The average Bonchev–Trinajstić information content (AvgIpc) is 2.50. The van der Waals surface area contributed by atoms with Crippen LogP contribution in [0.15, 0.2) is 30.3 Å². The molecule has 1 aromatic carbocycles. The summed E-state index contributed by atoms with van der Waals surface area (Å²) in [4.78, 5) is 16.3. The van der Waals surface area contributed by atoms with E-state index in [2.05, 4.69) is 39.6 Å². The number of likely N-dealkylation sites (tertiary alicyclic amines) is 1. The molecule has 5 heteroatoms. The maximum atomic E-state index is 11.9. The van der Waals surface area contributed by atoms with Gasteiger partial charge in [0.2, 0.25) is 0 Å². The number of urea groups is 1. The molecule has 0 aromatic heterocycles. The molecule has 1 heterocycles. The Balaban J connectivity index is 1.63. The number of benzene rings is 1. The number of carbonyl (C=O) groups excluding carboxylic acids is 1. The molecule has 0 atom stereocenters. The van der Waals surface area contributed by atoms with Crippen LogP contribution >= 0.6 is 0 Å². The zero-order chi connectivity index (χ0) is 15.1. The fourth-order valence-electron chi connectivity index (χ4n) is 2.54. The Kier molecular flexibility index (Phi) is 5.87. The van der Waals surface area contributed by atoms with Gasteiger partial charge in [-0.05, 0) is 45.1 Å². The molecule has 2 amide bonds. The molecule has 1 fully saturated rings. The lowest BCUT2D eigenvalue weighted by molar-refractivity contribution is 0.214. The molecular weight excluding hydrogens is 264 g/mol. The number of piperidine rings is 1. The highest BCUT2D eigenvalue weighted by molar-refractivity contribution is 5.74. The van der Waals surface area contributed by atoms with Gasteiger partial charge in [0.1, 0.15) is 0 Å². The number of hydrogen-bond donors (Lipinski definition) is 2. The van der Waals surface area contributed by atoms with Crippen LogP contribution in [0.3, 0.4) is 0 Å². The first-order chi connectivity index (χ1) is 10.1. The molecular formula is C16H26N4O. The van der Waals surface area contributed by atoms with Gasteiger partial charge in [-0.25, -0.2) is 4.79 Å². The summed E-state index contributed by atoms with van der Waals surface area (Å²) < 4.78 is 0. The first kappa shape index (κ1) is 15.6. The highest BCUT2D eigenvalue weighted by atomic mass is 16.2. The largest absolute Gasteiger partial charge is 0.373 e. The lowest BCUT2D eigenvalue weighted by Gasteiger charge is -2.29. The van der Waals surface area contributed by atoms with Gasteiger partial charge < -0.3 is 20.4 Å². The molecule has 1 saturated heterocycles. The number of likely N-dealkylation sites (N-methyl/N-ethyl adjacent to an activating group) is 1. The summed E-state index contributed by atoms with van der Waals surface area (Å²) in [7, 11) is 4.15. The van der Waals surface area contributed by atoms with Gasteiger partial charge in [-0.15, -0.1) is 0 Å². The molecule has 0 saturated carbocycles. The van der Waals surface area contributed by atoms with Crippen molar-refractivity contribution >= 4 is 11.7 Å². The fraction of sp³-hybridized carbons (Fsp3) is 0.562. The number of rotatable bonds is 5. The van der Waals surface area contributed by atoms with Crippen LogP contribution in [0, 0.1) is 0 Å². The van der Waals surface area contributed by atoms with Gasteiger partial charge in [-0.1, -0.05) is 18.2 Å². The van der Waals surface area contributed by atoms with Crippen molar-refractivity contribution in [1.82, 2.24) is 15.5 Å². The Hall–Kier alpha value is -1.75. The first-order valence-electron chi connectivity index (χ1n) is 7.64. The molecule has 0 spiro atoms. The Morgan fingerprint density at radius 1 is 1.29 bits per heavy atom. The van der Waals surface area contributed by atoms with Crippen LogP contribution in [0.1, 0.15) is 12.8 Å². The minimum atomic E-state index is -0.0500. The van der Waals surface area contributed by atoms with Crippen molar-refractivity contribution in [2.24, 2.45) is 0 Å². The molecule has 1 aromatic rings. The topological polar surface area (TPSA) is 47.6 Å². The Bertz CT molecular complexity index is 429. The molecule has 0 aliphatic carbocycles. The van der Waals surface area contributed by atoms with Crippen molar-refractivity contribution in [2.45, 2.75) is 18.9 Å². The minimum Gasteiger partial charge on any atom is -0.373 e. The molecule has 1 aliphatic heterocycles. The fourth-order valence-corrected chi connectivity index (χ4v) is 2.54. The number of para-hydroxylation sites is 1. The summed E-state index contributed by atoms with van der Waals surface area (Å²) in [6.45, 7) is 3.55. The van der Waals surface area contributed by atoms with Gasteiger partial charge in [0.05, 0.1) is 0 Å². The molecule has 2 N–H and O–H groups in total. The smallest absolute Gasteiger partial charge is 0.315 e. The molecule has 1 aliphatic rings. The van der Waals surface area contributed by atoms with E-state index in [4.69, 9.17) is 0 Å². The third-order valence-corrected chi connectivity index (χ3v) is 3.98. The van der Waals surface area contributed by atoms with E-state index >= 15 is 0 Å². The summed E-state index contributed by atoms with van der Waals surface area (Å²) in [5.74, 6) is 0. The van der Waals surface area contributed by atoms with E-state index in [9.17, 15) is 4.79 Å². The highest BCUT2D eigenvalue weighted by Crippen LogP contribution is 2.10. The third-order valence-electron chi connectivity index (χ3n) is 3.98. The number of nitrogens with zero attached hydrogens (tertiary/aromatic N) is 2. The van der Waals surface area contributed by atoms with E-state index in [0.29, 0.717) is 12.6 Å². The first-order valence-corrected chi connectivity index (χ1v) is 7.64. The number of hydrogen-bond acceptors (Lipinski definition) is 3. The van der Waals surface area contributed by atoms with Crippen LogP contribution in [-0.2, 0) is 0 Å². The monoisotopic (exact) mass is 290 g/mol. The van der Waals surface area contributed by atoms with E-state index in [0.717, 1.165) is 38.2 Å². The quantitative estimate of drug-likeness (QED) is 0.864. The van der Waals surface area contributed by atoms with Crippen LogP contribution in [0.5, 0.6) is 0 Å². The van der Waals surface area contributed by atoms with Crippen molar-refractivity contribution in [3.05, 3.63) is 30.3 Å². The van der Waals surface area contributed by atoms with E-state index in [-0.39, 0.29) is 6.03 Å². The van der Waals surface area contributed by atoms with Gasteiger partial charge in [0, 0.05) is 31.9 Å². The van der Waals surface area contributed by atoms with Gasteiger partial charge in [-0.2, -0.15) is 0 Å². The van der Waals surface area contributed by atoms with E-state index in [1.54, 1.807) is 0 Å². The highest BCUT2D eigenvalue weighted by Gasteiger charge is 2.17. The van der Waals surface area contributed by atoms with Gasteiger partial charge in [-0.3, -0.25) is 0 Å². The van der Waals surface area contributed by atoms with Crippen LogP contribution in [0.2, 0.25) is 0 Å². The molecule has 5 nitrogen and oxygen atoms in total. The Morgan fingerprint density at radius 2 is 1.95 bits per heavy atom. The second kappa shape index (κ2) is 7.88. The van der Waals surface area contributed by atoms with Crippen molar-refractivity contribution in [1.29, 1.82) is 0 Å². The Labute approximate surface area is 127 Å². The van der Waals surface area contributed by atoms with Crippen molar-refractivity contribution in [3.8, 4) is 0 Å². The molecule has 21 heavy (non-hydrogen) atoms. The van der Waals surface area contributed by atoms with Crippen LogP contribution in [0.25, 0.3) is 0 Å². The average molecular weight is 290 g/mol. The zero-order valence-electron chi connectivity index (χ0n) is 13.0. The SMILES string of the molecule is CN1CCC(NC(=O)NCCN(C)c2ccccc2)CC1. The van der Waals surface area contributed by atoms with E-state index < -0.39 is 0 Å². The van der Waals surface area contributed by atoms with Gasteiger partial charge in [0.25, 0.3) is 0 Å². The lowest BCUT2D eigenvalue weighted by atomic mass is 10.1. The maximum Gasteiger partial charge on any atom is 0.315 e. The second-order valence-electron chi connectivity index (χ2n) is 5.73. The zero-order valence-corrected chi connectivity index (χ0v) is 13.0. The number of carbonyl (C=O) groups is 1. The van der Waals surface area contributed by atoms with Crippen molar-refractivity contribution in [2.75, 3.05) is 45.2 Å². The second-order valence-corrected chi connectivity index (χ2v) is 5.73. The summed E-state index contributed by atoms with van der Waals surface area (Å²) in [6.07, 6.45) is 2.07. The molecule has 0 bridgehead atoms. The lowest BCUT2D eigenvalue weighted by Crippen LogP contribution is -2.48. The summed E-state index contributed by atoms with van der Waals surface area (Å²) in [5.41, 5.74) is 1.16. The minimum absolute atomic E-state index is 0.0500. The molecule has 116 valence electrons. The third kappa shape index (κ3) is 5.27. The normalized spacial score (nSPS) is 16.5. The molecule has 0 radical (unpaired) electrons. The van der Waals surface area contributed by atoms with Crippen molar-refractivity contribution < 1.29 is 4.79 Å². The van der Waals surface area contributed by atoms with Crippen LogP contribution in [-0.4, -0.2) is 57.2 Å². The van der Waals surface area contributed by atoms with Gasteiger partial charge >= 0.3 is 6.03 Å². The molecule has 2 rings (SSSR count). The van der Waals surface area contributed by atoms with Crippen LogP contribution < -0.4 is 15.5 Å². The summed E-state index contributed by atoms with van der Waals surface area (Å²) >= 11 is 0. The number of nitrogens with one attached hydrogen (secondary N) is 2. The van der Waals surface area contributed by atoms with E-state index in [1.807, 2.05) is 25.2 Å². The van der Waals surface area contributed by atoms with E-state index in [1.165, 1.54) is 0 Å².